The summed E-state index contributed by atoms with van der Waals surface area (Å²) in [6.45, 7) is 2.01. The summed E-state index contributed by atoms with van der Waals surface area (Å²) in [6, 6.07) is 7.48. The van der Waals surface area contributed by atoms with E-state index in [9.17, 15) is 9.59 Å². The van der Waals surface area contributed by atoms with Crippen LogP contribution in [0.2, 0.25) is 0 Å². The zero-order valence-electron chi connectivity index (χ0n) is 15.2. The summed E-state index contributed by atoms with van der Waals surface area (Å²) in [4.78, 5) is 36.7. The average molecular weight is 363 g/mol. The molecule has 7 nitrogen and oxygen atoms in total. The highest BCUT2D eigenvalue weighted by Crippen LogP contribution is 2.29. The van der Waals surface area contributed by atoms with Gasteiger partial charge in [0.15, 0.2) is 0 Å². The molecule has 1 fully saturated rings. The van der Waals surface area contributed by atoms with Crippen LogP contribution in [0.1, 0.15) is 57.8 Å². The van der Waals surface area contributed by atoms with Crippen molar-refractivity contribution in [1.29, 1.82) is 0 Å². The zero-order valence-corrected chi connectivity index (χ0v) is 15.2. The molecule has 0 radical (unpaired) electrons. The Balaban J connectivity index is 1.77. The molecule has 0 saturated heterocycles. The minimum absolute atomic E-state index is 0.108. The second-order valence-corrected chi connectivity index (χ2v) is 6.85. The SMILES string of the molecule is CNC(=O)c1cc(C(=O)NC2CC2)cc(C(C)c2ccnc3[nH]ccc23)n1. The lowest BCUT2D eigenvalue weighted by molar-refractivity contribution is 0.0951. The van der Waals surface area contributed by atoms with E-state index < -0.39 is 0 Å². The Morgan fingerprint density at radius 1 is 1.22 bits per heavy atom. The predicted octanol–water partition coefficient (Wildman–Crippen LogP) is 2.36. The highest BCUT2D eigenvalue weighted by molar-refractivity contribution is 5.99. The Hall–Kier alpha value is -3.22. The molecule has 3 aromatic rings. The Morgan fingerprint density at radius 3 is 2.78 bits per heavy atom. The summed E-state index contributed by atoms with van der Waals surface area (Å²) >= 11 is 0. The van der Waals surface area contributed by atoms with Gasteiger partial charge in [0.2, 0.25) is 0 Å². The van der Waals surface area contributed by atoms with E-state index in [1.54, 1.807) is 25.4 Å². The molecule has 7 heteroatoms. The number of hydrogen-bond acceptors (Lipinski definition) is 4. The molecule has 3 N–H and O–H groups in total. The second-order valence-electron chi connectivity index (χ2n) is 6.85. The molecular weight excluding hydrogens is 342 g/mol. The number of rotatable bonds is 5. The summed E-state index contributed by atoms with van der Waals surface area (Å²) in [6.07, 6.45) is 5.60. The normalized spacial score (nSPS) is 14.7. The molecule has 3 heterocycles. The maximum absolute atomic E-state index is 12.6. The van der Waals surface area contributed by atoms with Gasteiger partial charge in [0.05, 0.1) is 0 Å². The van der Waals surface area contributed by atoms with Gasteiger partial charge in [-0.05, 0) is 42.7 Å². The Labute approximate surface area is 156 Å². The molecule has 1 atom stereocenters. The molecule has 0 aromatic carbocycles. The fourth-order valence-corrected chi connectivity index (χ4v) is 3.16. The first-order chi connectivity index (χ1) is 13.1. The first-order valence-corrected chi connectivity index (χ1v) is 9.03. The lowest BCUT2D eigenvalue weighted by atomic mass is 9.94. The Kier molecular flexibility index (Phi) is 4.35. The number of nitrogens with zero attached hydrogens (tertiary/aromatic N) is 2. The number of aromatic amines is 1. The van der Waals surface area contributed by atoms with Crippen molar-refractivity contribution in [2.45, 2.75) is 31.7 Å². The molecule has 1 saturated carbocycles. The van der Waals surface area contributed by atoms with E-state index in [0.29, 0.717) is 11.3 Å². The van der Waals surface area contributed by atoms with E-state index in [4.69, 9.17) is 0 Å². The van der Waals surface area contributed by atoms with Gasteiger partial charge in [-0.15, -0.1) is 0 Å². The second kappa shape index (κ2) is 6.83. The first kappa shape index (κ1) is 17.2. The van der Waals surface area contributed by atoms with Crippen LogP contribution in [0.3, 0.4) is 0 Å². The number of amides is 2. The quantitative estimate of drug-likeness (QED) is 0.648. The van der Waals surface area contributed by atoms with Crippen molar-refractivity contribution >= 4 is 22.8 Å². The molecule has 0 spiro atoms. The molecule has 27 heavy (non-hydrogen) atoms. The number of carbonyl (C=O) groups is 2. The Morgan fingerprint density at radius 2 is 2.04 bits per heavy atom. The van der Waals surface area contributed by atoms with Gasteiger partial charge in [0.1, 0.15) is 11.3 Å². The lowest BCUT2D eigenvalue weighted by Crippen LogP contribution is -2.27. The van der Waals surface area contributed by atoms with E-state index in [1.165, 1.54) is 0 Å². The number of nitrogens with one attached hydrogen (secondary N) is 3. The molecule has 3 aromatic heterocycles. The van der Waals surface area contributed by atoms with Crippen molar-refractivity contribution in [1.82, 2.24) is 25.6 Å². The fraction of sp³-hybridized carbons (Fsp3) is 0.300. The fourth-order valence-electron chi connectivity index (χ4n) is 3.16. The van der Waals surface area contributed by atoms with Crippen molar-refractivity contribution in [3.8, 4) is 0 Å². The van der Waals surface area contributed by atoms with Crippen molar-refractivity contribution in [2.75, 3.05) is 7.05 Å². The van der Waals surface area contributed by atoms with Crippen molar-refractivity contribution in [2.24, 2.45) is 0 Å². The number of aromatic nitrogens is 3. The summed E-state index contributed by atoms with van der Waals surface area (Å²) in [7, 11) is 1.55. The van der Waals surface area contributed by atoms with Crippen LogP contribution >= 0.6 is 0 Å². The van der Waals surface area contributed by atoms with Gasteiger partial charge in [0, 0.05) is 48.0 Å². The molecule has 0 bridgehead atoms. The monoisotopic (exact) mass is 363 g/mol. The summed E-state index contributed by atoms with van der Waals surface area (Å²) in [5.74, 6) is -0.588. The van der Waals surface area contributed by atoms with Crippen LogP contribution in [0.15, 0.2) is 36.7 Å². The van der Waals surface area contributed by atoms with Crippen molar-refractivity contribution in [3.05, 3.63) is 59.2 Å². The van der Waals surface area contributed by atoms with Gasteiger partial charge in [0.25, 0.3) is 11.8 Å². The van der Waals surface area contributed by atoms with E-state index >= 15 is 0 Å². The van der Waals surface area contributed by atoms with Crippen LogP contribution in [-0.2, 0) is 0 Å². The van der Waals surface area contributed by atoms with Crippen LogP contribution in [-0.4, -0.2) is 39.9 Å². The van der Waals surface area contributed by atoms with Gasteiger partial charge < -0.3 is 15.6 Å². The van der Waals surface area contributed by atoms with E-state index in [-0.39, 0.29) is 29.5 Å². The summed E-state index contributed by atoms with van der Waals surface area (Å²) < 4.78 is 0. The number of pyridine rings is 2. The van der Waals surface area contributed by atoms with E-state index in [0.717, 1.165) is 29.4 Å². The van der Waals surface area contributed by atoms with Crippen LogP contribution < -0.4 is 10.6 Å². The molecular formula is C20H21N5O2. The molecule has 1 unspecified atom stereocenters. The largest absolute Gasteiger partial charge is 0.354 e. The molecule has 1 aliphatic rings. The number of H-pyrrole nitrogens is 1. The van der Waals surface area contributed by atoms with Gasteiger partial charge in [-0.25, -0.2) is 9.97 Å². The van der Waals surface area contributed by atoms with E-state index in [2.05, 4.69) is 25.6 Å². The first-order valence-electron chi connectivity index (χ1n) is 9.03. The van der Waals surface area contributed by atoms with Gasteiger partial charge in [-0.2, -0.15) is 0 Å². The molecule has 1 aliphatic carbocycles. The summed E-state index contributed by atoms with van der Waals surface area (Å²) in [5.41, 5.74) is 3.20. The van der Waals surface area contributed by atoms with Gasteiger partial charge in [-0.3, -0.25) is 9.59 Å². The topological polar surface area (TPSA) is 99.8 Å². The third kappa shape index (κ3) is 3.40. The highest BCUT2D eigenvalue weighted by atomic mass is 16.2. The van der Waals surface area contributed by atoms with Crippen LogP contribution in [0, 0.1) is 0 Å². The van der Waals surface area contributed by atoms with E-state index in [1.807, 2.05) is 25.3 Å². The van der Waals surface area contributed by atoms with Crippen LogP contribution in [0.4, 0.5) is 0 Å². The number of hydrogen-bond donors (Lipinski definition) is 3. The number of carbonyl (C=O) groups excluding carboxylic acids is 2. The molecule has 2 amide bonds. The maximum Gasteiger partial charge on any atom is 0.269 e. The lowest BCUT2D eigenvalue weighted by Gasteiger charge is -2.15. The van der Waals surface area contributed by atoms with Crippen LogP contribution in [0.25, 0.3) is 11.0 Å². The smallest absolute Gasteiger partial charge is 0.269 e. The average Bonchev–Trinajstić information content (AvgIpc) is 3.38. The van der Waals surface area contributed by atoms with Crippen molar-refractivity contribution < 1.29 is 9.59 Å². The third-order valence-electron chi connectivity index (χ3n) is 4.88. The molecule has 4 rings (SSSR count). The highest BCUT2D eigenvalue weighted by Gasteiger charge is 2.25. The van der Waals surface area contributed by atoms with Gasteiger partial charge >= 0.3 is 0 Å². The third-order valence-corrected chi connectivity index (χ3v) is 4.88. The molecule has 0 aliphatic heterocycles. The van der Waals surface area contributed by atoms with Crippen LogP contribution in [0.5, 0.6) is 0 Å². The standard InChI is InChI=1S/C20H21N5O2/c1-11(14-5-7-22-18-15(14)6-8-23-18)16-9-12(19(26)24-13-3-4-13)10-17(25-16)20(27)21-2/h5-11,13H,3-4H2,1-2H3,(H,21,27)(H,22,23)(H,24,26). The number of fused-ring (bicyclic) bond motifs is 1. The summed E-state index contributed by atoms with van der Waals surface area (Å²) in [5, 5.41) is 6.56. The maximum atomic E-state index is 12.6. The Bertz CT molecular complexity index is 1020. The minimum Gasteiger partial charge on any atom is -0.354 e. The molecule has 138 valence electrons. The zero-order chi connectivity index (χ0) is 19.0. The van der Waals surface area contributed by atoms with Crippen molar-refractivity contribution in [3.63, 3.8) is 0 Å². The minimum atomic E-state index is -0.314. The van der Waals surface area contributed by atoms with Gasteiger partial charge in [-0.1, -0.05) is 6.92 Å². The predicted molar refractivity (Wildman–Crippen MR) is 102 cm³/mol.